The molecular weight excluding hydrogens is 366 g/mol. The highest BCUT2D eigenvalue weighted by molar-refractivity contribution is 6.00. The second kappa shape index (κ2) is 8.93. The number of nitrogens with zero attached hydrogens (tertiary/aromatic N) is 3. The predicted octanol–water partition coefficient (Wildman–Crippen LogP) is 2.92. The number of amides is 3. The molecule has 2 fully saturated rings. The Labute approximate surface area is 174 Å². The molecule has 1 aromatic rings. The summed E-state index contributed by atoms with van der Waals surface area (Å²) in [5.41, 5.74) is 7.98. The highest BCUT2D eigenvalue weighted by Crippen LogP contribution is 2.27. The van der Waals surface area contributed by atoms with E-state index < -0.39 is 0 Å². The molecule has 2 heterocycles. The van der Waals surface area contributed by atoms with Crippen LogP contribution in [0.3, 0.4) is 0 Å². The lowest BCUT2D eigenvalue weighted by Gasteiger charge is -2.31. The second-order valence-electron chi connectivity index (χ2n) is 9.14. The van der Waals surface area contributed by atoms with Crippen LogP contribution in [0, 0.1) is 0 Å². The molecule has 0 saturated carbocycles. The Bertz CT molecular complexity index is 737. The monoisotopic (exact) mass is 401 g/mol. The van der Waals surface area contributed by atoms with Gasteiger partial charge in [0.05, 0.1) is 5.56 Å². The number of hydrogen-bond donors (Lipinski definition) is 2. The van der Waals surface area contributed by atoms with Gasteiger partial charge in [-0.15, -0.1) is 0 Å². The van der Waals surface area contributed by atoms with Crippen molar-refractivity contribution in [3.63, 3.8) is 0 Å². The third-order valence-corrected chi connectivity index (χ3v) is 5.50. The molecule has 0 bridgehead atoms. The number of likely N-dealkylation sites (tertiary alicyclic amines) is 1. The van der Waals surface area contributed by atoms with E-state index in [9.17, 15) is 9.59 Å². The minimum Gasteiger partial charge on any atom is -0.399 e. The summed E-state index contributed by atoms with van der Waals surface area (Å²) in [6.07, 6.45) is 4.17. The van der Waals surface area contributed by atoms with E-state index in [4.69, 9.17) is 5.73 Å². The molecule has 160 valence electrons. The van der Waals surface area contributed by atoms with E-state index in [1.165, 1.54) is 6.42 Å². The first kappa shape index (κ1) is 21.3. The van der Waals surface area contributed by atoms with Crippen LogP contribution in [0.4, 0.5) is 16.2 Å². The van der Waals surface area contributed by atoms with Crippen molar-refractivity contribution in [2.24, 2.45) is 0 Å². The van der Waals surface area contributed by atoms with E-state index in [2.05, 4.69) is 10.2 Å². The van der Waals surface area contributed by atoms with Crippen LogP contribution in [0.25, 0.3) is 0 Å². The highest BCUT2D eigenvalue weighted by atomic mass is 16.2. The van der Waals surface area contributed by atoms with Gasteiger partial charge in [-0.25, -0.2) is 4.79 Å². The lowest BCUT2D eigenvalue weighted by atomic mass is 10.1. The summed E-state index contributed by atoms with van der Waals surface area (Å²) in [6.45, 7) is 10.4. The summed E-state index contributed by atoms with van der Waals surface area (Å²) in [4.78, 5) is 31.8. The Balaban J connectivity index is 1.75. The number of carbonyl (C=O) groups excluding carboxylic acids is 2. The first-order valence-corrected chi connectivity index (χ1v) is 10.8. The molecule has 1 aromatic carbocycles. The number of carbonyl (C=O) groups is 2. The average molecular weight is 402 g/mol. The van der Waals surface area contributed by atoms with Crippen molar-refractivity contribution in [1.82, 2.24) is 15.1 Å². The topological polar surface area (TPSA) is 81.9 Å². The minimum atomic E-state index is -0.256. The van der Waals surface area contributed by atoms with Crippen molar-refractivity contribution in [2.75, 3.05) is 49.9 Å². The van der Waals surface area contributed by atoms with Gasteiger partial charge in [0.1, 0.15) is 0 Å². The van der Waals surface area contributed by atoms with Crippen LogP contribution in [0.2, 0.25) is 0 Å². The fraction of sp³-hybridized carbons (Fsp3) is 0.636. The maximum absolute atomic E-state index is 13.2. The van der Waals surface area contributed by atoms with Crippen molar-refractivity contribution in [2.45, 2.75) is 52.0 Å². The molecule has 0 aromatic heterocycles. The van der Waals surface area contributed by atoms with Gasteiger partial charge in [0.2, 0.25) is 0 Å². The smallest absolute Gasteiger partial charge is 0.317 e. The van der Waals surface area contributed by atoms with Crippen molar-refractivity contribution in [1.29, 1.82) is 0 Å². The molecular formula is C22H35N5O2. The zero-order valence-corrected chi connectivity index (χ0v) is 18.0. The van der Waals surface area contributed by atoms with Crippen LogP contribution in [0.5, 0.6) is 0 Å². The van der Waals surface area contributed by atoms with Crippen molar-refractivity contribution in [3.05, 3.63) is 23.8 Å². The van der Waals surface area contributed by atoms with Gasteiger partial charge in [0.15, 0.2) is 0 Å². The van der Waals surface area contributed by atoms with Crippen LogP contribution in [0.15, 0.2) is 18.2 Å². The summed E-state index contributed by atoms with van der Waals surface area (Å²) in [5, 5.41) is 3.04. The van der Waals surface area contributed by atoms with Crippen LogP contribution in [0.1, 0.15) is 56.8 Å². The molecule has 3 N–H and O–H groups in total. The van der Waals surface area contributed by atoms with Crippen molar-refractivity contribution >= 4 is 23.3 Å². The summed E-state index contributed by atoms with van der Waals surface area (Å²) < 4.78 is 0. The lowest BCUT2D eigenvalue weighted by molar-refractivity contribution is 0.0725. The first-order chi connectivity index (χ1) is 13.7. The Morgan fingerprint density at radius 2 is 1.59 bits per heavy atom. The van der Waals surface area contributed by atoms with E-state index in [1.807, 2.05) is 42.7 Å². The van der Waals surface area contributed by atoms with Gasteiger partial charge in [-0.2, -0.15) is 0 Å². The van der Waals surface area contributed by atoms with Gasteiger partial charge in [-0.1, -0.05) is 0 Å². The van der Waals surface area contributed by atoms with Crippen LogP contribution >= 0.6 is 0 Å². The molecule has 0 spiro atoms. The molecule has 0 aliphatic carbocycles. The molecule has 3 rings (SSSR count). The van der Waals surface area contributed by atoms with Gasteiger partial charge >= 0.3 is 6.03 Å². The largest absolute Gasteiger partial charge is 0.399 e. The molecule has 7 nitrogen and oxygen atoms in total. The van der Waals surface area contributed by atoms with E-state index in [1.54, 1.807) is 6.07 Å². The fourth-order valence-electron chi connectivity index (χ4n) is 4.03. The van der Waals surface area contributed by atoms with Crippen molar-refractivity contribution in [3.8, 4) is 0 Å². The molecule has 0 unspecified atom stereocenters. The van der Waals surface area contributed by atoms with Crippen LogP contribution < -0.4 is 16.0 Å². The normalized spacial score (nSPS) is 18.4. The second-order valence-corrected chi connectivity index (χ2v) is 9.14. The van der Waals surface area contributed by atoms with E-state index in [-0.39, 0.29) is 17.5 Å². The number of benzene rings is 1. The van der Waals surface area contributed by atoms with Gasteiger partial charge < -0.3 is 25.8 Å². The summed E-state index contributed by atoms with van der Waals surface area (Å²) in [6, 6.07) is 5.59. The molecule has 0 radical (unpaired) electrons. The van der Waals surface area contributed by atoms with E-state index >= 15 is 0 Å². The van der Waals surface area contributed by atoms with E-state index in [0.717, 1.165) is 44.6 Å². The summed E-state index contributed by atoms with van der Waals surface area (Å²) in [7, 11) is 0. The molecule has 3 amide bonds. The molecule has 2 aliphatic rings. The third kappa shape index (κ3) is 5.55. The number of nitrogen functional groups attached to an aromatic ring is 1. The predicted molar refractivity (Wildman–Crippen MR) is 117 cm³/mol. The number of hydrogen-bond acceptors (Lipinski definition) is 4. The Morgan fingerprint density at radius 3 is 2.28 bits per heavy atom. The van der Waals surface area contributed by atoms with Crippen LogP contribution in [-0.4, -0.2) is 66.5 Å². The number of urea groups is 1. The molecule has 2 aliphatic heterocycles. The fourth-order valence-corrected chi connectivity index (χ4v) is 4.03. The van der Waals surface area contributed by atoms with Gasteiger partial charge in [0.25, 0.3) is 5.91 Å². The average Bonchev–Trinajstić information content (AvgIpc) is 2.93. The zero-order chi connectivity index (χ0) is 21.0. The van der Waals surface area contributed by atoms with Gasteiger partial charge in [-0.05, 0) is 64.7 Å². The van der Waals surface area contributed by atoms with Crippen LogP contribution in [-0.2, 0) is 0 Å². The van der Waals surface area contributed by atoms with Crippen molar-refractivity contribution < 1.29 is 9.59 Å². The summed E-state index contributed by atoms with van der Waals surface area (Å²) >= 11 is 0. The number of anilines is 2. The molecule has 7 heteroatoms. The quantitative estimate of drug-likeness (QED) is 0.747. The summed E-state index contributed by atoms with van der Waals surface area (Å²) in [5.74, 6) is 0.0681. The number of rotatable bonds is 2. The van der Waals surface area contributed by atoms with Gasteiger partial charge in [0, 0.05) is 56.2 Å². The number of nitrogens with two attached hydrogens (primary N) is 1. The SMILES string of the molecule is CC(C)(C)NC(=O)N1CCCN(c2ccc(N)cc2C(=O)N2CCCCC2)CC1. The minimum absolute atomic E-state index is 0.0266. The Kier molecular flexibility index (Phi) is 6.55. The maximum atomic E-state index is 13.2. The third-order valence-electron chi connectivity index (χ3n) is 5.50. The van der Waals surface area contributed by atoms with E-state index in [0.29, 0.717) is 30.9 Å². The molecule has 0 atom stereocenters. The molecule has 29 heavy (non-hydrogen) atoms. The Morgan fingerprint density at radius 1 is 0.897 bits per heavy atom. The maximum Gasteiger partial charge on any atom is 0.317 e. The highest BCUT2D eigenvalue weighted by Gasteiger charge is 2.26. The lowest BCUT2D eigenvalue weighted by Crippen LogP contribution is -2.49. The first-order valence-electron chi connectivity index (χ1n) is 10.8. The number of piperidine rings is 1. The number of nitrogens with one attached hydrogen (secondary N) is 1. The zero-order valence-electron chi connectivity index (χ0n) is 18.0. The standard InChI is InChI=1S/C22H35N5O2/c1-22(2,3)24-21(29)27-13-7-12-25(14-15-27)19-9-8-17(23)16-18(19)20(28)26-10-5-4-6-11-26/h8-9,16H,4-7,10-15,23H2,1-3H3,(H,24,29). The van der Waals surface area contributed by atoms with Gasteiger partial charge in [-0.3, -0.25) is 4.79 Å². The Hall–Kier alpha value is -2.44. The molecule has 2 saturated heterocycles.